The van der Waals surface area contributed by atoms with Gasteiger partial charge in [-0.2, -0.15) is 5.10 Å². The van der Waals surface area contributed by atoms with Gasteiger partial charge in [-0.1, -0.05) is 49.2 Å². The minimum Gasteiger partial charge on any atom is -0.394 e. The first-order valence-electron chi connectivity index (χ1n) is 9.68. The van der Waals surface area contributed by atoms with Crippen molar-refractivity contribution in [2.45, 2.75) is 32.4 Å². The number of aliphatic hydroxyl groups is 1. The highest BCUT2D eigenvalue weighted by Gasteiger charge is 2.49. The molecule has 5 rings (SSSR count). The average molecular weight is 446 g/mol. The molecule has 2 aliphatic rings. The average Bonchev–Trinajstić information content (AvgIpc) is 3.20. The van der Waals surface area contributed by atoms with Gasteiger partial charge in [0.25, 0.3) is 5.91 Å². The number of rotatable bonds is 3. The third kappa shape index (κ3) is 2.51. The first kappa shape index (κ1) is 19.5. The van der Waals surface area contributed by atoms with Gasteiger partial charge in [0, 0.05) is 21.8 Å². The summed E-state index contributed by atoms with van der Waals surface area (Å²) in [5, 5.41) is 14.4. The standard InChI is InChI=1S/C22H18Cl2FN3O2/c1-10(2)19-16-18(26-27(19)7-8-29)22(30)28-20(16)12-4-3-11(23)9-14(12)13-5-6-15(24)17(25)21(13)28/h3-6,9-10,20,29H,7-8H2,1-2H3. The number of aliphatic hydroxyl groups excluding tert-OH is 1. The van der Waals surface area contributed by atoms with E-state index in [0.717, 1.165) is 22.4 Å². The normalized spacial score (nSPS) is 16.6. The number of amides is 1. The zero-order valence-corrected chi connectivity index (χ0v) is 17.8. The zero-order valence-electron chi connectivity index (χ0n) is 16.3. The van der Waals surface area contributed by atoms with Crippen molar-refractivity contribution in [3.63, 3.8) is 0 Å². The first-order valence-corrected chi connectivity index (χ1v) is 10.4. The Hall–Kier alpha value is -2.41. The second-order valence-electron chi connectivity index (χ2n) is 7.82. The van der Waals surface area contributed by atoms with Crippen LogP contribution in [0.2, 0.25) is 10.0 Å². The second-order valence-corrected chi connectivity index (χ2v) is 8.66. The molecule has 3 heterocycles. The molecule has 5 nitrogen and oxygen atoms in total. The fourth-order valence-electron chi connectivity index (χ4n) is 4.67. The number of anilines is 1. The van der Waals surface area contributed by atoms with E-state index in [2.05, 4.69) is 5.10 Å². The summed E-state index contributed by atoms with van der Waals surface area (Å²) in [5.74, 6) is -0.976. The van der Waals surface area contributed by atoms with Crippen molar-refractivity contribution in [1.82, 2.24) is 9.78 Å². The SMILES string of the molecule is CC(C)c1c2c(nn1CCO)C(=O)N1c3c(ccc(Cl)c3F)-c3cc(Cl)ccc3C21. The van der Waals surface area contributed by atoms with Crippen LogP contribution in [0.1, 0.15) is 53.1 Å². The van der Waals surface area contributed by atoms with Crippen LogP contribution >= 0.6 is 23.2 Å². The first-order chi connectivity index (χ1) is 14.3. The maximum absolute atomic E-state index is 15.3. The molecule has 0 saturated carbocycles. The lowest BCUT2D eigenvalue weighted by molar-refractivity contribution is 0.0986. The van der Waals surface area contributed by atoms with Gasteiger partial charge in [0.1, 0.15) is 0 Å². The maximum atomic E-state index is 15.3. The molecular formula is C22H18Cl2FN3O2. The summed E-state index contributed by atoms with van der Waals surface area (Å²) in [6.07, 6.45) is 0. The summed E-state index contributed by atoms with van der Waals surface area (Å²) in [6.45, 7) is 4.21. The quantitative estimate of drug-likeness (QED) is 0.604. The van der Waals surface area contributed by atoms with Gasteiger partial charge in [0.15, 0.2) is 11.5 Å². The van der Waals surface area contributed by atoms with Crippen LogP contribution in [0.15, 0.2) is 30.3 Å². The van der Waals surface area contributed by atoms with Crippen molar-refractivity contribution >= 4 is 34.8 Å². The summed E-state index contributed by atoms with van der Waals surface area (Å²) in [4.78, 5) is 14.9. The lowest BCUT2D eigenvalue weighted by Crippen LogP contribution is -2.34. The summed E-state index contributed by atoms with van der Waals surface area (Å²) in [6, 6.07) is 8.10. The minimum absolute atomic E-state index is 0.0434. The van der Waals surface area contributed by atoms with Crippen molar-refractivity contribution in [1.29, 1.82) is 0 Å². The Labute approximate surface area is 182 Å². The van der Waals surface area contributed by atoms with Crippen molar-refractivity contribution < 1.29 is 14.3 Å². The number of halogens is 3. The van der Waals surface area contributed by atoms with Gasteiger partial charge in [-0.25, -0.2) is 4.39 Å². The summed E-state index contributed by atoms with van der Waals surface area (Å²) in [5.41, 5.74) is 4.21. The van der Waals surface area contributed by atoms with Crippen molar-refractivity contribution in [2.75, 3.05) is 11.5 Å². The van der Waals surface area contributed by atoms with Crippen LogP contribution in [0.25, 0.3) is 11.1 Å². The molecule has 1 aromatic heterocycles. The van der Waals surface area contributed by atoms with E-state index in [9.17, 15) is 9.90 Å². The molecule has 3 aromatic rings. The van der Waals surface area contributed by atoms with Gasteiger partial charge in [-0.3, -0.25) is 14.4 Å². The summed E-state index contributed by atoms with van der Waals surface area (Å²) < 4.78 is 16.9. The third-order valence-corrected chi connectivity index (χ3v) is 6.28. The minimum atomic E-state index is -0.641. The molecule has 0 fully saturated rings. The number of hydrogen-bond acceptors (Lipinski definition) is 3. The molecule has 30 heavy (non-hydrogen) atoms. The number of carbonyl (C=O) groups excluding carboxylic acids is 1. The molecular weight excluding hydrogens is 428 g/mol. The molecule has 1 atom stereocenters. The van der Waals surface area contributed by atoms with Crippen molar-refractivity contribution in [3.8, 4) is 11.1 Å². The molecule has 1 unspecified atom stereocenters. The molecule has 0 aliphatic carbocycles. The second kappa shape index (κ2) is 6.80. The number of fused-ring (bicyclic) bond motifs is 8. The van der Waals surface area contributed by atoms with E-state index in [0.29, 0.717) is 10.6 Å². The Morgan fingerprint density at radius 1 is 1.20 bits per heavy atom. The van der Waals surface area contributed by atoms with E-state index in [-0.39, 0.29) is 41.4 Å². The van der Waals surface area contributed by atoms with Crippen LogP contribution in [0.3, 0.4) is 0 Å². The fraction of sp³-hybridized carbons (Fsp3) is 0.273. The van der Waals surface area contributed by atoms with Gasteiger partial charge < -0.3 is 5.11 Å². The molecule has 2 aliphatic heterocycles. The van der Waals surface area contributed by atoms with Crippen LogP contribution in [0, 0.1) is 5.82 Å². The fourth-order valence-corrected chi connectivity index (χ4v) is 4.99. The number of hydrogen-bond donors (Lipinski definition) is 1. The highest BCUT2D eigenvalue weighted by atomic mass is 35.5. The van der Waals surface area contributed by atoms with Gasteiger partial charge in [-0.15, -0.1) is 0 Å². The Kier molecular flexibility index (Phi) is 4.43. The van der Waals surface area contributed by atoms with E-state index >= 15 is 4.39 Å². The van der Waals surface area contributed by atoms with E-state index < -0.39 is 11.9 Å². The lowest BCUT2D eigenvalue weighted by Gasteiger charge is -2.35. The highest BCUT2D eigenvalue weighted by Crippen LogP contribution is 2.54. The van der Waals surface area contributed by atoms with Crippen LogP contribution in [0.5, 0.6) is 0 Å². The molecule has 154 valence electrons. The van der Waals surface area contributed by atoms with Crippen molar-refractivity contribution in [3.05, 3.63) is 68.7 Å². The van der Waals surface area contributed by atoms with Gasteiger partial charge in [0.05, 0.1) is 29.9 Å². The zero-order chi connectivity index (χ0) is 21.3. The number of aromatic nitrogens is 2. The van der Waals surface area contributed by atoms with Crippen LogP contribution < -0.4 is 4.90 Å². The van der Waals surface area contributed by atoms with Crippen LogP contribution in [-0.4, -0.2) is 27.4 Å². The van der Waals surface area contributed by atoms with Crippen LogP contribution in [-0.2, 0) is 6.54 Å². The summed E-state index contributed by atoms with van der Waals surface area (Å²) >= 11 is 12.4. The van der Waals surface area contributed by atoms with Crippen LogP contribution in [0.4, 0.5) is 10.1 Å². The van der Waals surface area contributed by atoms with Gasteiger partial charge >= 0.3 is 0 Å². The Bertz CT molecular complexity index is 1220. The maximum Gasteiger partial charge on any atom is 0.280 e. The highest BCUT2D eigenvalue weighted by molar-refractivity contribution is 6.32. The predicted molar refractivity (Wildman–Crippen MR) is 114 cm³/mol. The number of carbonyl (C=O) groups is 1. The van der Waals surface area contributed by atoms with E-state index in [1.54, 1.807) is 22.9 Å². The molecule has 2 aromatic carbocycles. The Morgan fingerprint density at radius 2 is 1.97 bits per heavy atom. The summed E-state index contributed by atoms with van der Waals surface area (Å²) in [7, 11) is 0. The smallest absolute Gasteiger partial charge is 0.280 e. The topological polar surface area (TPSA) is 58.4 Å². The molecule has 1 N–H and O–H groups in total. The number of nitrogens with zero attached hydrogens (tertiary/aromatic N) is 3. The van der Waals surface area contributed by atoms with Crippen molar-refractivity contribution in [2.24, 2.45) is 0 Å². The molecule has 1 amide bonds. The molecule has 0 radical (unpaired) electrons. The predicted octanol–water partition coefficient (Wildman–Crippen LogP) is 5.17. The lowest BCUT2D eigenvalue weighted by atomic mass is 9.85. The number of benzene rings is 2. The van der Waals surface area contributed by atoms with Gasteiger partial charge in [0.2, 0.25) is 0 Å². The molecule has 0 saturated heterocycles. The van der Waals surface area contributed by atoms with E-state index in [1.807, 2.05) is 19.9 Å². The Morgan fingerprint density at radius 3 is 2.67 bits per heavy atom. The Balaban J connectivity index is 1.86. The van der Waals surface area contributed by atoms with E-state index in [1.165, 1.54) is 11.0 Å². The van der Waals surface area contributed by atoms with E-state index in [4.69, 9.17) is 23.2 Å². The molecule has 0 bridgehead atoms. The monoisotopic (exact) mass is 445 g/mol. The molecule has 8 heteroatoms. The largest absolute Gasteiger partial charge is 0.394 e. The molecule has 0 spiro atoms. The third-order valence-electron chi connectivity index (χ3n) is 5.75. The van der Waals surface area contributed by atoms with Gasteiger partial charge in [-0.05, 0) is 35.2 Å².